The van der Waals surface area contributed by atoms with E-state index in [9.17, 15) is 9.59 Å². The minimum atomic E-state index is -0.698. The fraction of sp³-hybridized carbons (Fsp3) is 0.273. The zero-order chi connectivity index (χ0) is 14.7. The lowest BCUT2D eigenvalue weighted by Crippen LogP contribution is -2.21. The average Bonchev–Trinajstić information content (AvgIpc) is 2.95. The molecule has 2 aromatic heterocycles. The monoisotopic (exact) mass is 277 g/mol. The number of nitrogens with one attached hydrogen (secondary N) is 1. The summed E-state index contributed by atoms with van der Waals surface area (Å²) in [6.45, 7) is 2.40. The largest absolute Gasteiger partial charge is 0.396 e. The van der Waals surface area contributed by atoms with Crippen molar-refractivity contribution in [2.24, 2.45) is 5.73 Å². The smallest absolute Gasteiger partial charge is 0.271 e. The number of nitrogen functional groups attached to an aromatic ring is 1. The number of amides is 2. The van der Waals surface area contributed by atoms with Gasteiger partial charge in [-0.3, -0.25) is 19.0 Å². The van der Waals surface area contributed by atoms with Gasteiger partial charge in [-0.05, 0) is 6.92 Å². The number of carbonyl (C=O) groups is 2. The maximum atomic E-state index is 11.9. The third-order valence-corrected chi connectivity index (χ3v) is 2.55. The van der Waals surface area contributed by atoms with Gasteiger partial charge in [0.05, 0.1) is 17.6 Å². The van der Waals surface area contributed by atoms with Crippen molar-refractivity contribution in [3.8, 4) is 0 Å². The van der Waals surface area contributed by atoms with Gasteiger partial charge in [0.1, 0.15) is 6.54 Å². The van der Waals surface area contributed by atoms with Crippen LogP contribution in [0.15, 0.2) is 18.6 Å². The number of rotatable bonds is 5. The lowest BCUT2D eigenvalue weighted by Gasteiger charge is -2.03. The minimum absolute atomic E-state index is 0.0211. The lowest BCUT2D eigenvalue weighted by atomic mass is 10.3. The molecule has 0 saturated heterocycles. The fourth-order valence-electron chi connectivity index (χ4n) is 1.66. The molecule has 0 aliphatic carbocycles. The highest BCUT2D eigenvalue weighted by molar-refractivity contribution is 6.01. The molecule has 9 heteroatoms. The molecule has 0 atom stereocenters. The molecule has 5 N–H and O–H groups in total. The van der Waals surface area contributed by atoms with Crippen molar-refractivity contribution in [3.63, 3.8) is 0 Å². The Balaban J connectivity index is 2.10. The summed E-state index contributed by atoms with van der Waals surface area (Å²) in [5, 5.41) is 10.5. The number of aromatic nitrogens is 4. The zero-order valence-corrected chi connectivity index (χ0v) is 10.9. The second-order valence-corrected chi connectivity index (χ2v) is 4.13. The van der Waals surface area contributed by atoms with Crippen LogP contribution in [0, 0.1) is 0 Å². The fourth-order valence-corrected chi connectivity index (χ4v) is 1.66. The van der Waals surface area contributed by atoms with Crippen molar-refractivity contribution in [2.75, 3.05) is 11.1 Å². The van der Waals surface area contributed by atoms with Gasteiger partial charge in [-0.2, -0.15) is 10.2 Å². The molecule has 2 rings (SSSR count). The van der Waals surface area contributed by atoms with Crippen molar-refractivity contribution >= 4 is 23.2 Å². The van der Waals surface area contributed by atoms with Crippen LogP contribution < -0.4 is 16.8 Å². The van der Waals surface area contributed by atoms with Gasteiger partial charge in [0, 0.05) is 18.9 Å². The molecule has 0 radical (unpaired) electrons. The third kappa shape index (κ3) is 2.94. The first-order valence-electron chi connectivity index (χ1n) is 5.94. The van der Waals surface area contributed by atoms with E-state index in [0.717, 1.165) is 0 Å². The summed E-state index contributed by atoms with van der Waals surface area (Å²) in [5.41, 5.74) is 11.5. The van der Waals surface area contributed by atoms with Crippen LogP contribution in [0.2, 0.25) is 0 Å². The summed E-state index contributed by atoms with van der Waals surface area (Å²) < 4.78 is 2.90. The van der Waals surface area contributed by atoms with Crippen LogP contribution in [0.1, 0.15) is 17.4 Å². The van der Waals surface area contributed by atoms with Crippen LogP contribution in [0.5, 0.6) is 0 Å². The van der Waals surface area contributed by atoms with E-state index in [4.69, 9.17) is 11.5 Å². The number of primary amides is 1. The Kier molecular flexibility index (Phi) is 3.69. The number of nitrogens with two attached hydrogens (primary N) is 2. The van der Waals surface area contributed by atoms with Gasteiger partial charge in [-0.1, -0.05) is 0 Å². The number of aryl methyl sites for hydroxylation is 1. The summed E-state index contributed by atoms with van der Waals surface area (Å²) >= 11 is 0. The molecular formula is C11H15N7O2. The van der Waals surface area contributed by atoms with E-state index in [1.807, 2.05) is 6.92 Å². The highest BCUT2D eigenvalue weighted by atomic mass is 16.2. The van der Waals surface area contributed by atoms with Gasteiger partial charge >= 0.3 is 0 Å². The van der Waals surface area contributed by atoms with Gasteiger partial charge in [-0.15, -0.1) is 0 Å². The normalized spacial score (nSPS) is 10.4. The molecule has 2 amide bonds. The first kappa shape index (κ1) is 13.6. The molecule has 0 aromatic carbocycles. The maximum absolute atomic E-state index is 11.9. The van der Waals surface area contributed by atoms with Crippen LogP contribution in [0.3, 0.4) is 0 Å². The van der Waals surface area contributed by atoms with Crippen LogP contribution in [-0.4, -0.2) is 31.4 Å². The number of hydrogen-bond donors (Lipinski definition) is 3. The molecule has 0 spiro atoms. The minimum Gasteiger partial charge on any atom is -0.396 e. The van der Waals surface area contributed by atoms with Crippen LogP contribution >= 0.6 is 0 Å². The molecule has 0 aliphatic rings. The van der Waals surface area contributed by atoms with Crippen molar-refractivity contribution < 1.29 is 9.59 Å². The van der Waals surface area contributed by atoms with Crippen molar-refractivity contribution in [3.05, 3.63) is 24.3 Å². The Hall–Kier alpha value is -2.84. The Morgan fingerprint density at radius 1 is 1.35 bits per heavy atom. The first-order valence-corrected chi connectivity index (χ1v) is 5.94. The molecule has 0 saturated carbocycles. The van der Waals surface area contributed by atoms with Crippen LogP contribution in [0.4, 0.5) is 11.4 Å². The Morgan fingerprint density at radius 2 is 2.10 bits per heavy atom. The van der Waals surface area contributed by atoms with E-state index in [-0.39, 0.29) is 23.8 Å². The predicted octanol–water partition coefficient (Wildman–Crippen LogP) is -0.581. The Morgan fingerprint density at radius 3 is 2.65 bits per heavy atom. The summed E-state index contributed by atoms with van der Waals surface area (Å²) in [5.74, 6) is -1.05. The molecule has 0 aliphatic heterocycles. The number of carbonyl (C=O) groups excluding carboxylic acids is 2. The molecule has 106 valence electrons. The maximum Gasteiger partial charge on any atom is 0.271 e. The van der Waals surface area contributed by atoms with Gasteiger partial charge in [0.25, 0.3) is 5.91 Å². The van der Waals surface area contributed by atoms with Crippen molar-refractivity contribution in [1.82, 2.24) is 19.6 Å². The zero-order valence-electron chi connectivity index (χ0n) is 10.9. The second kappa shape index (κ2) is 5.43. The third-order valence-electron chi connectivity index (χ3n) is 2.55. The highest BCUT2D eigenvalue weighted by Gasteiger charge is 2.16. The van der Waals surface area contributed by atoms with E-state index in [2.05, 4.69) is 15.5 Å². The van der Waals surface area contributed by atoms with Crippen LogP contribution in [-0.2, 0) is 17.9 Å². The van der Waals surface area contributed by atoms with E-state index < -0.39 is 5.91 Å². The SMILES string of the molecule is CCn1cc(NC(=O)Cn2cc(N)cn2)c(C(N)=O)n1. The summed E-state index contributed by atoms with van der Waals surface area (Å²) in [6.07, 6.45) is 4.52. The molecule has 9 nitrogen and oxygen atoms in total. The summed E-state index contributed by atoms with van der Waals surface area (Å²) in [7, 11) is 0. The quantitative estimate of drug-likeness (QED) is 0.672. The van der Waals surface area contributed by atoms with Crippen LogP contribution in [0.25, 0.3) is 0 Å². The first-order chi connectivity index (χ1) is 9.49. The lowest BCUT2D eigenvalue weighted by molar-refractivity contribution is -0.116. The van der Waals surface area contributed by atoms with Crippen molar-refractivity contribution in [2.45, 2.75) is 20.0 Å². The molecule has 2 heterocycles. The highest BCUT2D eigenvalue weighted by Crippen LogP contribution is 2.13. The molecule has 2 aromatic rings. The molecule has 20 heavy (non-hydrogen) atoms. The van der Waals surface area contributed by atoms with E-state index in [1.165, 1.54) is 21.8 Å². The Bertz CT molecular complexity index is 643. The second-order valence-electron chi connectivity index (χ2n) is 4.13. The summed E-state index contributed by atoms with van der Waals surface area (Å²) in [4.78, 5) is 23.1. The number of hydrogen-bond acceptors (Lipinski definition) is 5. The molecule has 0 bridgehead atoms. The van der Waals surface area contributed by atoms with Gasteiger partial charge in [-0.25, -0.2) is 0 Å². The van der Waals surface area contributed by atoms with Gasteiger partial charge in [0.15, 0.2) is 5.69 Å². The molecular weight excluding hydrogens is 262 g/mol. The molecule has 0 unspecified atom stereocenters. The number of anilines is 2. The Labute approximate surface area is 114 Å². The van der Waals surface area contributed by atoms with Gasteiger partial charge < -0.3 is 16.8 Å². The van der Waals surface area contributed by atoms with Crippen molar-refractivity contribution in [1.29, 1.82) is 0 Å². The van der Waals surface area contributed by atoms with E-state index in [0.29, 0.717) is 12.2 Å². The molecule has 0 fully saturated rings. The van der Waals surface area contributed by atoms with E-state index >= 15 is 0 Å². The number of nitrogens with zero attached hydrogens (tertiary/aromatic N) is 4. The predicted molar refractivity (Wildman–Crippen MR) is 71.7 cm³/mol. The van der Waals surface area contributed by atoms with Gasteiger partial charge in [0.2, 0.25) is 5.91 Å². The summed E-state index contributed by atoms with van der Waals surface area (Å²) in [6, 6.07) is 0. The topological polar surface area (TPSA) is 134 Å². The standard InChI is InChI=1S/C11H15N7O2/c1-2-17-5-8(10(16-17)11(13)20)15-9(19)6-18-4-7(12)3-14-18/h3-5H,2,6,12H2,1H3,(H2,13,20)(H,15,19). The average molecular weight is 277 g/mol. The van der Waals surface area contributed by atoms with E-state index in [1.54, 1.807) is 6.20 Å².